The van der Waals surface area contributed by atoms with Crippen LogP contribution >= 0.6 is 0 Å². The Balaban J connectivity index is 1.48. The molecule has 4 aliphatic rings. The molecule has 2 heterocycles. The van der Waals surface area contributed by atoms with Crippen LogP contribution < -0.4 is 0 Å². The lowest BCUT2D eigenvalue weighted by Gasteiger charge is -2.44. The first kappa shape index (κ1) is 20.8. The van der Waals surface area contributed by atoms with Crippen molar-refractivity contribution in [3.8, 4) is 5.75 Å². The number of carbonyl (C=O) groups is 2. The summed E-state index contributed by atoms with van der Waals surface area (Å²) in [6.07, 6.45) is 4.40. The van der Waals surface area contributed by atoms with Crippen molar-refractivity contribution in [3.63, 3.8) is 0 Å². The average molecular weight is 433 g/mol. The summed E-state index contributed by atoms with van der Waals surface area (Å²) in [5.41, 5.74) is 0.437. The number of fused-ring (bicyclic) bond motifs is 3. The van der Waals surface area contributed by atoms with Crippen LogP contribution in [0.1, 0.15) is 56.6 Å². The zero-order valence-corrected chi connectivity index (χ0v) is 17.2. The maximum Gasteiger partial charge on any atom is 0.233 e. The van der Waals surface area contributed by atoms with E-state index in [1.165, 1.54) is 17.0 Å². The van der Waals surface area contributed by atoms with Crippen molar-refractivity contribution in [2.75, 3.05) is 6.61 Å². The number of aliphatic hydroxyl groups excluding tert-OH is 1. The summed E-state index contributed by atoms with van der Waals surface area (Å²) < 4.78 is 19.9. The van der Waals surface area contributed by atoms with E-state index in [-0.39, 0.29) is 37.3 Å². The number of nitrogens with zero attached hydrogens (tertiary/aromatic N) is 1. The van der Waals surface area contributed by atoms with Gasteiger partial charge in [-0.1, -0.05) is 25.3 Å². The van der Waals surface area contributed by atoms with Crippen LogP contribution in [-0.2, 0) is 14.3 Å². The van der Waals surface area contributed by atoms with Gasteiger partial charge < -0.3 is 20.1 Å². The second kappa shape index (κ2) is 7.53. The lowest BCUT2D eigenvalue weighted by molar-refractivity contribution is -0.274. The number of hydrogen-bond acceptors (Lipinski definition) is 6. The average Bonchev–Trinajstić information content (AvgIpc) is 3.24. The molecule has 31 heavy (non-hydrogen) atoms. The molecule has 0 bridgehead atoms. The number of carbonyl (C=O) groups excluding carboxylic acids is 2. The van der Waals surface area contributed by atoms with E-state index in [0.29, 0.717) is 5.56 Å². The summed E-state index contributed by atoms with van der Waals surface area (Å²) in [5, 5.41) is 30.9. The molecule has 7 nitrogen and oxygen atoms in total. The number of ether oxygens (including phenoxy) is 1. The van der Waals surface area contributed by atoms with E-state index < -0.39 is 47.1 Å². The minimum atomic E-state index is -1.77. The van der Waals surface area contributed by atoms with Crippen LogP contribution in [0.15, 0.2) is 18.2 Å². The number of imide groups is 1. The Kier molecular flexibility index (Phi) is 5.07. The highest BCUT2D eigenvalue weighted by Gasteiger charge is 2.67. The van der Waals surface area contributed by atoms with Gasteiger partial charge >= 0.3 is 0 Å². The molecule has 5 rings (SSSR count). The van der Waals surface area contributed by atoms with Crippen LogP contribution in [0.4, 0.5) is 4.39 Å². The number of phenols is 1. The fourth-order valence-electron chi connectivity index (χ4n) is 6.35. The van der Waals surface area contributed by atoms with E-state index in [1.807, 2.05) is 0 Å². The van der Waals surface area contributed by atoms with Crippen LogP contribution in [-0.4, -0.2) is 50.5 Å². The number of rotatable bonds is 3. The smallest absolute Gasteiger partial charge is 0.233 e. The minimum absolute atomic E-state index is 0.0932. The Hall–Kier alpha value is -2.03. The van der Waals surface area contributed by atoms with Gasteiger partial charge in [0.2, 0.25) is 11.8 Å². The topological polar surface area (TPSA) is 107 Å². The van der Waals surface area contributed by atoms with E-state index in [2.05, 4.69) is 0 Å². The molecule has 2 aliphatic heterocycles. The lowest BCUT2D eigenvalue weighted by atomic mass is 9.64. The number of amides is 2. The number of aromatic hydroxyl groups is 1. The summed E-state index contributed by atoms with van der Waals surface area (Å²) in [5.74, 6) is -6.15. The fourth-order valence-corrected chi connectivity index (χ4v) is 6.35. The molecule has 168 valence electrons. The van der Waals surface area contributed by atoms with E-state index in [9.17, 15) is 29.3 Å². The van der Waals surface area contributed by atoms with Crippen molar-refractivity contribution >= 4 is 11.8 Å². The Morgan fingerprint density at radius 3 is 2.55 bits per heavy atom. The maximum absolute atomic E-state index is 13.9. The van der Waals surface area contributed by atoms with Gasteiger partial charge in [-0.15, -0.1) is 0 Å². The van der Waals surface area contributed by atoms with Crippen molar-refractivity contribution in [3.05, 3.63) is 29.6 Å². The molecule has 2 saturated carbocycles. The Bertz CT molecular complexity index is 902. The molecule has 2 amide bonds. The maximum atomic E-state index is 13.9. The van der Waals surface area contributed by atoms with Gasteiger partial charge in [-0.05, 0) is 43.4 Å². The molecular weight excluding hydrogens is 405 g/mol. The van der Waals surface area contributed by atoms with Gasteiger partial charge in [0.1, 0.15) is 0 Å². The quantitative estimate of drug-likeness (QED) is 0.631. The molecule has 8 heteroatoms. The minimum Gasteiger partial charge on any atom is -0.505 e. The lowest BCUT2D eigenvalue weighted by Crippen LogP contribution is -2.54. The predicted molar refractivity (Wildman–Crippen MR) is 106 cm³/mol. The van der Waals surface area contributed by atoms with E-state index in [0.717, 1.165) is 38.2 Å². The van der Waals surface area contributed by atoms with Gasteiger partial charge in [-0.3, -0.25) is 14.5 Å². The van der Waals surface area contributed by atoms with Crippen LogP contribution in [0.3, 0.4) is 0 Å². The zero-order chi connectivity index (χ0) is 21.9. The second-order valence-electron chi connectivity index (χ2n) is 9.50. The van der Waals surface area contributed by atoms with Crippen LogP contribution in [0.5, 0.6) is 5.75 Å². The van der Waals surface area contributed by atoms with Crippen molar-refractivity contribution in [1.29, 1.82) is 0 Å². The monoisotopic (exact) mass is 433 g/mol. The highest BCUT2D eigenvalue weighted by molar-refractivity contribution is 6.05. The second-order valence-corrected chi connectivity index (χ2v) is 9.50. The number of hydrogen-bond donors (Lipinski definition) is 3. The molecule has 0 unspecified atom stereocenters. The predicted octanol–water partition coefficient (Wildman–Crippen LogP) is 2.24. The Morgan fingerprint density at radius 2 is 1.87 bits per heavy atom. The molecule has 0 radical (unpaired) electrons. The highest BCUT2D eigenvalue weighted by atomic mass is 19.1. The summed E-state index contributed by atoms with van der Waals surface area (Å²) >= 11 is 0. The number of likely N-dealkylation sites (tertiary alicyclic amines) is 1. The van der Waals surface area contributed by atoms with Gasteiger partial charge in [0.25, 0.3) is 0 Å². The molecule has 4 fully saturated rings. The third kappa shape index (κ3) is 3.10. The normalized spacial score (nSPS) is 38.4. The molecule has 0 spiro atoms. The van der Waals surface area contributed by atoms with Crippen LogP contribution in [0, 0.1) is 29.5 Å². The number of phenolic OH excluding ortho intramolecular Hbond substituents is 1. The SMILES string of the molecule is O=C1[C@H]2[C@H](C[C@H](CO)[C@@]3(O)O[C@H](c4ccc(O)c(F)c4)C[C@@H]23)C(=O)N1C1CCCCC1. The standard InChI is InChI=1S/C23H28FNO6/c24-17-8-12(6-7-18(17)27)19-10-16-20-15(9-13(11-26)23(16,30)31-19)21(28)25(22(20)29)14-4-2-1-3-5-14/h6-8,13-16,19-20,26-27,30H,1-5,9-11H2/t13-,15+,16+,19+,20+,23-/m1/s1. The largest absolute Gasteiger partial charge is 0.505 e. The van der Waals surface area contributed by atoms with E-state index >= 15 is 0 Å². The van der Waals surface area contributed by atoms with E-state index in [4.69, 9.17) is 4.74 Å². The molecule has 3 N–H and O–H groups in total. The first-order valence-corrected chi connectivity index (χ1v) is 11.2. The molecule has 6 atom stereocenters. The summed E-state index contributed by atoms with van der Waals surface area (Å²) in [6.45, 7) is -0.377. The number of halogens is 1. The molecule has 0 aromatic heterocycles. The molecule has 2 aliphatic carbocycles. The third-order valence-electron chi connectivity index (χ3n) is 7.90. The molecular formula is C23H28FNO6. The van der Waals surface area contributed by atoms with Gasteiger partial charge in [-0.2, -0.15) is 0 Å². The molecule has 1 aromatic carbocycles. The van der Waals surface area contributed by atoms with E-state index in [1.54, 1.807) is 0 Å². The van der Waals surface area contributed by atoms with Crippen LogP contribution in [0.2, 0.25) is 0 Å². The van der Waals surface area contributed by atoms with Crippen molar-refractivity contribution in [1.82, 2.24) is 4.90 Å². The van der Waals surface area contributed by atoms with Crippen molar-refractivity contribution < 1.29 is 34.0 Å². The number of aliphatic hydroxyl groups is 2. The summed E-state index contributed by atoms with van der Waals surface area (Å²) in [4.78, 5) is 28.1. The third-order valence-corrected chi connectivity index (χ3v) is 7.90. The molecule has 2 saturated heterocycles. The first-order chi connectivity index (χ1) is 14.8. The van der Waals surface area contributed by atoms with Gasteiger partial charge in [0.15, 0.2) is 17.4 Å². The summed E-state index contributed by atoms with van der Waals surface area (Å²) in [7, 11) is 0. The first-order valence-electron chi connectivity index (χ1n) is 11.2. The van der Waals surface area contributed by atoms with Crippen molar-refractivity contribution in [2.24, 2.45) is 23.7 Å². The highest BCUT2D eigenvalue weighted by Crippen LogP contribution is 2.58. The van der Waals surface area contributed by atoms with Crippen LogP contribution in [0.25, 0.3) is 0 Å². The fraction of sp³-hybridized carbons (Fsp3) is 0.652. The van der Waals surface area contributed by atoms with Crippen molar-refractivity contribution in [2.45, 2.75) is 62.9 Å². The van der Waals surface area contributed by atoms with Gasteiger partial charge in [-0.25, -0.2) is 4.39 Å². The van der Waals surface area contributed by atoms with Gasteiger partial charge in [0, 0.05) is 17.9 Å². The summed E-state index contributed by atoms with van der Waals surface area (Å²) in [6, 6.07) is 3.80. The Morgan fingerprint density at radius 1 is 1.13 bits per heavy atom. The zero-order valence-electron chi connectivity index (χ0n) is 17.2. The number of benzene rings is 1. The Labute approximate surface area is 179 Å². The molecule has 1 aromatic rings. The van der Waals surface area contributed by atoms with Gasteiger partial charge in [0.05, 0.1) is 24.5 Å².